The Balaban J connectivity index is 1.68. The van der Waals surface area contributed by atoms with Crippen LogP contribution < -0.4 is 5.32 Å². The smallest absolute Gasteiger partial charge is 0.306 e. The molecule has 1 fully saturated rings. The Morgan fingerprint density at radius 3 is 2.96 bits per heavy atom. The van der Waals surface area contributed by atoms with Gasteiger partial charge in [-0.05, 0) is 18.2 Å². The molecule has 1 aliphatic heterocycles. The van der Waals surface area contributed by atoms with Crippen molar-refractivity contribution in [2.45, 2.75) is 18.9 Å². The number of hydrogen-bond acceptors (Lipinski definition) is 5. The number of morpholine rings is 1. The first-order valence-corrected chi connectivity index (χ1v) is 7.65. The monoisotopic (exact) mass is 336 g/mol. The molecule has 1 aliphatic rings. The lowest BCUT2D eigenvalue weighted by molar-refractivity contribution is -0.147. The third kappa shape index (κ3) is 5.88. The Morgan fingerprint density at radius 1 is 1.42 bits per heavy atom. The molecule has 8 nitrogen and oxygen atoms in total. The normalized spacial score (nSPS) is 17.8. The van der Waals surface area contributed by atoms with Gasteiger partial charge in [-0.15, -0.1) is 0 Å². The molecule has 0 aromatic carbocycles. The van der Waals surface area contributed by atoms with Crippen LogP contribution in [-0.2, 0) is 19.1 Å². The molecule has 0 saturated carbocycles. The van der Waals surface area contributed by atoms with Gasteiger partial charge in [0.1, 0.15) is 5.76 Å². The molecule has 0 radical (unpaired) electrons. The molecule has 1 unspecified atom stereocenters. The van der Waals surface area contributed by atoms with Crippen molar-refractivity contribution in [1.82, 2.24) is 10.2 Å². The van der Waals surface area contributed by atoms with Crippen LogP contribution in [0.2, 0.25) is 0 Å². The number of carbonyl (C=O) groups excluding carboxylic acids is 2. The second-order valence-corrected chi connectivity index (χ2v) is 5.32. The summed E-state index contributed by atoms with van der Waals surface area (Å²) in [6.45, 7) is 1.22. The standard InChI is InChI=1S/C16H20N2O6/c19-14(4-3-12-2-1-8-23-12)17-6-5-15(20)18-7-9-24-13(11-18)10-16(21)22/h1-4,8,13H,5-7,9-11H2,(H,17,19)(H,21,22)/b4-3+. The quantitative estimate of drug-likeness (QED) is 0.702. The second kappa shape index (κ2) is 8.88. The molecule has 24 heavy (non-hydrogen) atoms. The van der Waals surface area contributed by atoms with Crippen LogP contribution >= 0.6 is 0 Å². The first-order valence-electron chi connectivity index (χ1n) is 7.65. The number of carbonyl (C=O) groups is 3. The minimum Gasteiger partial charge on any atom is -0.481 e. The number of nitrogens with one attached hydrogen (secondary N) is 1. The van der Waals surface area contributed by atoms with E-state index in [-0.39, 0.29) is 37.7 Å². The van der Waals surface area contributed by atoms with Crippen molar-refractivity contribution < 1.29 is 28.6 Å². The molecule has 1 saturated heterocycles. The van der Waals surface area contributed by atoms with Crippen LogP contribution in [0.3, 0.4) is 0 Å². The molecule has 2 heterocycles. The molecule has 2 rings (SSSR count). The van der Waals surface area contributed by atoms with Gasteiger partial charge in [-0.25, -0.2) is 0 Å². The van der Waals surface area contributed by atoms with Crippen molar-refractivity contribution in [3.05, 3.63) is 30.2 Å². The molecular weight excluding hydrogens is 316 g/mol. The van der Waals surface area contributed by atoms with Crippen LogP contribution in [0.5, 0.6) is 0 Å². The van der Waals surface area contributed by atoms with Gasteiger partial charge in [-0.1, -0.05) is 0 Å². The van der Waals surface area contributed by atoms with E-state index < -0.39 is 12.1 Å². The zero-order chi connectivity index (χ0) is 17.4. The van der Waals surface area contributed by atoms with E-state index in [2.05, 4.69) is 5.32 Å². The summed E-state index contributed by atoms with van der Waals surface area (Å²) in [5.41, 5.74) is 0. The van der Waals surface area contributed by atoms with Gasteiger partial charge in [-0.3, -0.25) is 14.4 Å². The van der Waals surface area contributed by atoms with Crippen molar-refractivity contribution in [3.63, 3.8) is 0 Å². The maximum atomic E-state index is 12.1. The molecule has 0 spiro atoms. The fraction of sp³-hybridized carbons (Fsp3) is 0.438. The van der Waals surface area contributed by atoms with Gasteiger partial charge in [0.25, 0.3) is 0 Å². The van der Waals surface area contributed by atoms with E-state index in [4.69, 9.17) is 14.3 Å². The first kappa shape index (κ1) is 17.7. The predicted molar refractivity (Wildman–Crippen MR) is 83.9 cm³/mol. The van der Waals surface area contributed by atoms with Crippen molar-refractivity contribution in [2.24, 2.45) is 0 Å². The molecule has 0 aliphatic carbocycles. The van der Waals surface area contributed by atoms with Crippen molar-refractivity contribution in [3.8, 4) is 0 Å². The molecule has 0 bridgehead atoms. The zero-order valence-electron chi connectivity index (χ0n) is 13.1. The number of carboxylic acids is 1. The molecule has 130 valence electrons. The summed E-state index contributed by atoms with van der Waals surface area (Å²) in [6.07, 6.45) is 3.93. The number of aliphatic carboxylic acids is 1. The van der Waals surface area contributed by atoms with E-state index in [0.29, 0.717) is 18.9 Å². The Hall–Kier alpha value is -2.61. The topological polar surface area (TPSA) is 109 Å². The third-order valence-corrected chi connectivity index (χ3v) is 3.47. The lowest BCUT2D eigenvalue weighted by Crippen LogP contribution is -2.46. The van der Waals surface area contributed by atoms with Gasteiger partial charge in [0.05, 0.1) is 25.4 Å². The summed E-state index contributed by atoms with van der Waals surface area (Å²) in [6, 6.07) is 3.44. The van der Waals surface area contributed by atoms with Gasteiger partial charge in [0, 0.05) is 32.1 Å². The van der Waals surface area contributed by atoms with Crippen molar-refractivity contribution >= 4 is 23.9 Å². The number of furan rings is 1. The number of rotatable bonds is 7. The van der Waals surface area contributed by atoms with Gasteiger partial charge in [-0.2, -0.15) is 0 Å². The highest BCUT2D eigenvalue weighted by atomic mass is 16.5. The van der Waals surface area contributed by atoms with Gasteiger partial charge in [0.2, 0.25) is 11.8 Å². The second-order valence-electron chi connectivity index (χ2n) is 5.32. The summed E-state index contributed by atoms with van der Waals surface area (Å²) in [7, 11) is 0. The van der Waals surface area contributed by atoms with Crippen LogP contribution in [-0.4, -0.2) is 60.1 Å². The predicted octanol–water partition coefficient (Wildman–Crippen LogP) is 0.501. The molecule has 2 amide bonds. The Kier molecular flexibility index (Phi) is 6.56. The molecule has 8 heteroatoms. The highest BCUT2D eigenvalue weighted by Crippen LogP contribution is 2.10. The number of ether oxygens (including phenoxy) is 1. The molecule has 1 atom stereocenters. The number of nitrogens with zero attached hydrogens (tertiary/aromatic N) is 1. The Morgan fingerprint density at radius 2 is 2.25 bits per heavy atom. The minimum absolute atomic E-state index is 0.127. The zero-order valence-corrected chi connectivity index (χ0v) is 13.1. The third-order valence-electron chi connectivity index (χ3n) is 3.47. The van der Waals surface area contributed by atoms with Crippen molar-refractivity contribution in [1.29, 1.82) is 0 Å². The Labute approximate surface area is 139 Å². The maximum absolute atomic E-state index is 12.1. The highest BCUT2D eigenvalue weighted by Gasteiger charge is 2.25. The van der Waals surface area contributed by atoms with Crippen LogP contribution in [0, 0.1) is 0 Å². The Bertz CT molecular complexity index is 596. The largest absolute Gasteiger partial charge is 0.481 e. The maximum Gasteiger partial charge on any atom is 0.306 e. The van der Waals surface area contributed by atoms with Crippen LogP contribution in [0.4, 0.5) is 0 Å². The summed E-state index contributed by atoms with van der Waals surface area (Å²) >= 11 is 0. The highest BCUT2D eigenvalue weighted by molar-refractivity contribution is 5.91. The van der Waals surface area contributed by atoms with E-state index in [1.165, 1.54) is 18.4 Å². The molecule has 2 N–H and O–H groups in total. The lowest BCUT2D eigenvalue weighted by Gasteiger charge is -2.32. The van der Waals surface area contributed by atoms with Crippen molar-refractivity contribution in [2.75, 3.05) is 26.2 Å². The minimum atomic E-state index is -0.954. The fourth-order valence-corrected chi connectivity index (χ4v) is 2.32. The van der Waals surface area contributed by atoms with Gasteiger partial charge in [0.15, 0.2) is 0 Å². The van der Waals surface area contributed by atoms with Crippen LogP contribution in [0.1, 0.15) is 18.6 Å². The van der Waals surface area contributed by atoms with Gasteiger partial charge < -0.3 is 24.5 Å². The average molecular weight is 336 g/mol. The molecular formula is C16H20N2O6. The summed E-state index contributed by atoms with van der Waals surface area (Å²) in [4.78, 5) is 36.0. The summed E-state index contributed by atoms with van der Waals surface area (Å²) in [5.74, 6) is -0.835. The summed E-state index contributed by atoms with van der Waals surface area (Å²) < 4.78 is 10.4. The number of hydrogen-bond donors (Lipinski definition) is 2. The van der Waals surface area contributed by atoms with Crippen LogP contribution in [0.15, 0.2) is 28.9 Å². The number of carboxylic acid groups (broad SMARTS) is 1. The SMILES string of the molecule is O=C(O)CC1CN(C(=O)CCNC(=O)/C=C/c2ccco2)CCO1. The summed E-state index contributed by atoms with van der Waals surface area (Å²) in [5, 5.41) is 11.4. The average Bonchev–Trinajstić information content (AvgIpc) is 3.06. The van der Waals surface area contributed by atoms with E-state index >= 15 is 0 Å². The van der Waals surface area contributed by atoms with Gasteiger partial charge >= 0.3 is 5.97 Å². The fourth-order valence-electron chi connectivity index (χ4n) is 2.32. The van der Waals surface area contributed by atoms with E-state index in [9.17, 15) is 14.4 Å². The first-order chi connectivity index (χ1) is 11.5. The lowest BCUT2D eigenvalue weighted by atomic mass is 10.2. The van der Waals surface area contributed by atoms with Crippen LogP contribution in [0.25, 0.3) is 6.08 Å². The van der Waals surface area contributed by atoms with E-state index in [1.807, 2.05) is 0 Å². The molecule has 1 aromatic rings. The van der Waals surface area contributed by atoms with E-state index in [0.717, 1.165) is 0 Å². The molecule has 1 aromatic heterocycles. The van der Waals surface area contributed by atoms with E-state index in [1.54, 1.807) is 17.0 Å². The number of amides is 2.